The third kappa shape index (κ3) is 5.99. The van der Waals surface area contributed by atoms with Crippen LogP contribution in [-0.4, -0.2) is 24.1 Å². The lowest BCUT2D eigenvalue weighted by Crippen LogP contribution is -2.45. The van der Waals surface area contributed by atoms with Crippen LogP contribution in [0.4, 0.5) is 0 Å². The maximum Gasteiger partial charge on any atom is 0.260 e. The lowest BCUT2D eigenvalue weighted by Gasteiger charge is -2.28. The molecule has 0 saturated heterocycles. The summed E-state index contributed by atoms with van der Waals surface area (Å²) in [5.74, 6) is 0.677. The molecule has 1 atom stereocenters. The molecule has 0 bridgehead atoms. The molecule has 2 rings (SSSR count). The lowest BCUT2D eigenvalue weighted by molar-refractivity contribution is -0.128. The molecule has 1 aliphatic carbocycles. The Hall–Kier alpha value is -1.26. The van der Waals surface area contributed by atoms with E-state index in [1.165, 1.54) is 5.56 Å². The maximum atomic E-state index is 12.3. The summed E-state index contributed by atoms with van der Waals surface area (Å²) in [4.78, 5) is 12.3. The molecule has 1 amide bonds. The normalized spacial score (nSPS) is 22.2. The summed E-state index contributed by atoms with van der Waals surface area (Å²) >= 11 is 0. The van der Waals surface area contributed by atoms with E-state index >= 15 is 0 Å². The number of carbonyl (C=O) groups is 1. The number of rotatable bonds is 4. The zero-order valence-corrected chi connectivity index (χ0v) is 16.0. The van der Waals surface area contributed by atoms with Crippen LogP contribution in [0.1, 0.15) is 58.9 Å². The molecule has 0 heterocycles. The fourth-order valence-corrected chi connectivity index (χ4v) is 2.87. The Morgan fingerprint density at radius 2 is 1.71 bits per heavy atom. The van der Waals surface area contributed by atoms with Gasteiger partial charge in [-0.2, -0.15) is 0 Å². The third-order valence-electron chi connectivity index (χ3n) is 4.52. The second kappa shape index (κ2) is 8.72. The van der Waals surface area contributed by atoms with E-state index in [-0.39, 0.29) is 35.8 Å². The predicted molar refractivity (Wildman–Crippen MR) is 101 cm³/mol. The van der Waals surface area contributed by atoms with E-state index in [1.807, 2.05) is 12.1 Å². The fraction of sp³-hybridized carbons (Fsp3) is 0.632. The summed E-state index contributed by atoms with van der Waals surface area (Å²) in [6.45, 7) is 8.32. The molecule has 5 heteroatoms. The van der Waals surface area contributed by atoms with Crippen molar-refractivity contribution in [3.63, 3.8) is 0 Å². The van der Waals surface area contributed by atoms with E-state index in [2.05, 4.69) is 38.2 Å². The Kier molecular flexibility index (Phi) is 7.56. The minimum absolute atomic E-state index is 0. The third-order valence-corrected chi connectivity index (χ3v) is 4.52. The van der Waals surface area contributed by atoms with E-state index in [0.29, 0.717) is 0 Å². The van der Waals surface area contributed by atoms with Gasteiger partial charge in [0.25, 0.3) is 5.91 Å². The van der Waals surface area contributed by atoms with Crippen molar-refractivity contribution < 1.29 is 9.53 Å². The molecule has 0 spiro atoms. The van der Waals surface area contributed by atoms with Crippen LogP contribution in [0.25, 0.3) is 0 Å². The topological polar surface area (TPSA) is 64.3 Å². The molecule has 1 unspecified atom stereocenters. The quantitative estimate of drug-likeness (QED) is 0.868. The molecule has 0 aliphatic heterocycles. The van der Waals surface area contributed by atoms with E-state index in [4.69, 9.17) is 10.5 Å². The molecule has 3 N–H and O–H groups in total. The number of nitrogens with one attached hydrogen (secondary N) is 1. The predicted octanol–water partition coefficient (Wildman–Crippen LogP) is 3.56. The lowest BCUT2D eigenvalue weighted by atomic mass is 9.87. The van der Waals surface area contributed by atoms with Crippen molar-refractivity contribution in [2.45, 2.75) is 77.0 Å². The molecule has 4 nitrogen and oxygen atoms in total. The van der Waals surface area contributed by atoms with E-state index in [9.17, 15) is 4.79 Å². The van der Waals surface area contributed by atoms with Crippen molar-refractivity contribution in [1.29, 1.82) is 0 Å². The minimum Gasteiger partial charge on any atom is -0.481 e. The highest BCUT2D eigenvalue weighted by Crippen LogP contribution is 2.24. The fourth-order valence-electron chi connectivity index (χ4n) is 2.87. The van der Waals surface area contributed by atoms with Gasteiger partial charge in [-0.25, -0.2) is 0 Å². The molecule has 0 aromatic heterocycles. The second-order valence-corrected chi connectivity index (χ2v) is 7.65. The first-order chi connectivity index (χ1) is 10.8. The summed E-state index contributed by atoms with van der Waals surface area (Å²) in [7, 11) is 0. The molecule has 1 saturated carbocycles. The van der Waals surface area contributed by atoms with Crippen molar-refractivity contribution in [1.82, 2.24) is 5.32 Å². The van der Waals surface area contributed by atoms with Crippen LogP contribution >= 0.6 is 12.4 Å². The average Bonchev–Trinajstić information content (AvgIpc) is 2.49. The van der Waals surface area contributed by atoms with Crippen LogP contribution in [-0.2, 0) is 10.2 Å². The van der Waals surface area contributed by atoms with Gasteiger partial charge in [0.05, 0.1) is 0 Å². The van der Waals surface area contributed by atoms with Crippen LogP contribution in [0.2, 0.25) is 0 Å². The molecule has 24 heavy (non-hydrogen) atoms. The molecule has 1 aromatic carbocycles. The molecule has 1 fully saturated rings. The highest BCUT2D eigenvalue weighted by Gasteiger charge is 2.23. The zero-order valence-electron chi connectivity index (χ0n) is 15.2. The van der Waals surface area contributed by atoms with Crippen molar-refractivity contribution in [3.8, 4) is 5.75 Å². The van der Waals surface area contributed by atoms with Crippen molar-refractivity contribution in [2.24, 2.45) is 5.73 Å². The van der Waals surface area contributed by atoms with Gasteiger partial charge in [-0.15, -0.1) is 12.4 Å². The first-order valence-corrected chi connectivity index (χ1v) is 8.59. The Morgan fingerprint density at radius 1 is 1.17 bits per heavy atom. The number of benzene rings is 1. The first kappa shape index (κ1) is 20.8. The largest absolute Gasteiger partial charge is 0.481 e. The maximum absolute atomic E-state index is 12.3. The van der Waals surface area contributed by atoms with Gasteiger partial charge in [-0.05, 0) is 55.7 Å². The minimum atomic E-state index is -0.494. The molecular formula is C19H31ClN2O2. The van der Waals surface area contributed by atoms with Crippen LogP contribution in [0.15, 0.2) is 24.3 Å². The van der Waals surface area contributed by atoms with E-state index < -0.39 is 6.10 Å². The van der Waals surface area contributed by atoms with Crippen molar-refractivity contribution in [2.75, 3.05) is 0 Å². The molecule has 1 aliphatic rings. The number of nitrogens with two attached hydrogens (primary N) is 1. The summed E-state index contributed by atoms with van der Waals surface area (Å²) in [5.41, 5.74) is 7.26. The summed E-state index contributed by atoms with van der Waals surface area (Å²) in [5, 5.41) is 3.08. The van der Waals surface area contributed by atoms with Crippen molar-refractivity contribution >= 4 is 18.3 Å². The standard InChI is InChI=1S/C19H30N2O2.ClH/c1-13(18(22)21-16-9-7-15(20)8-10-16)23-17-11-5-14(6-12-17)19(2,3)4;/h5-6,11-13,15-16H,7-10,20H2,1-4H3,(H,21,22);1H. The zero-order chi connectivity index (χ0) is 17.0. The highest BCUT2D eigenvalue weighted by atomic mass is 35.5. The average molecular weight is 355 g/mol. The van der Waals surface area contributed by atoms with Crippen LogP contribution in [0.5, 0.6) is 5.75 Å². The van der Waals surface area contributed by atoms with E-state index in [0.717, 1.165) is 31.4 Å². The summed E-state index contributed by atoms with van der Waals surface area (Å²) in [6.07, 6.45) is 3.38. The van der Waals surface area contributed by atoms with Crippen LogP contribution < -0.4 is 15.8 Å². The van der Waals surface area contributed by atoms with Crippen LogP contribution in [0, 0.1) is 0 Å². The number of ether oxygens (including phenoxy) is 1. The number of carbonyl (C=O) groups excluding carboxylic acids is 1. The van der Waals surface area contributed by atoms with Gasteiger partial charge in [0.15, 0.2) is 6.10 Å². The van der Waals surface area contributed by atoms with Gasteiger partial charge < -0.3 is 15.8 Å². The smallest absolute Gasteiger partial charge is 0.260 e. The van der Waals surface area contributed by atoms with Gasteiger partial charge in [-0.1, -0.05) is 32.9 Å². The van der Waals surface area contributed by atoms with Gasteiger partial charge in [0.2, 0.25) is 0 Å². The number of hydrogen-bond donors (Lipinski definition) is 2. The Morgan fingerprint density at radius 3 is 2.21 bits per heavy atom. The summed E-state index contributed by atoms with van der Waals surface area (Å²) < 4.78 is 5.77. The molecular weight excluding hydrogens is 324 g/mol. The Bertz CT molecular complexity index is 517. The van der Waals surface area contributed by atoms with Gasteiger partial charge >= 0.3 is 0 Å². The Labute approximate surface area is 151 Å². The summed E-state index contributed by atoms with van der Waals surface area (Å²) in [6, 6.07) is 8.51. The second-order valence-electron chi connectivity index (χ2n) is 7.65. The SMILES string of the molecule is CC(Oc1ccc(C(C)(C)C)cc1)C(=O)NC1CCC(N)CC1.Cl. The number of amides is 1. The van der Waals surface area contributed by atoms with Gasteiger partial charge in [0.1, 0.15) is 5.75 Å². The monoisotopic (exact) mass is 354 g/mol. The van der Waals surface area contributed by atoms with E-state index in [1.54, 1.807) is 6.92 Å². The number of hydrogen-bond acceptors (Lipinski definition) is 3. The first-order valence-electron chi connectivity index (χ1n) is 8.59. The van der Waals surface area contributed by atoms with Crippen molar-refractivity contribution in [3.05, 3.63) is 29.8 Å². The van der Waals surface area contributed by atoms with Crippen LogP contribution in [0.3, 0.4) is 0 Å². The van der Waals surface area contributed by atoms with Gasteiger partial charge in [0, 0.05) is 12.1 Å². The molecule has 1 aromatic rings. The highest BCUT2D eigenvalue weighted by molar-refractivity contribution is 5.85. The van der Waals surface area contributed by atoms with Gasteiger partial charge in [-0.3, -0.25) is 4.79 Å². The molecule has 0 radical (unpaired) electrons. The molecule has 136 valence electrons. The Balaban J connectivity index is 0.00000288. The number of halogens is 1.